The van der Waals surface area contributed by atoms with E-state index in [1.54, 1.807) is 6.07 Å². The summed E-state index contributed by atoms with van der Waals surface area (Å²) in [6.45, 7) is 1.97. The number of thiophene rings is 1. The van der Waals surface area contributed by atoms with Gasteiger partial charge in [0, 0.05) is 14.4 Å². The third-order valence-electron chi connectivity index (χ3n) is 2.87. The number of rotatable bonds is 2. The van der Waals surface area contributed by atoms with Crippen molar-refractivity contribution in [1.82, 2.24) is 14.8 Å². The number of benzene rings is 1. The third kappa shape index (κ3) is 2.64. The van der Waals surface area contributed by atoms with Crippen LogP contribution in [0.25, 0.3) is 16.4 Å². The zero-order valence-electron chi connectivity index (χ0n) is 10.7. The number of aromatic amines is 1. The molecule has 5 nitrogen and oxygen atoms in total. The Morgan fingerprint density at radius 2 is 2.19 bits per heavy atom. The number of aromatic hydroxyl groups is 1. The zero-order valence-corrected chi connectivity index (χ0v) is 13.9. The highest BCUT2D eigenvalue weighted by Gasteiger charge is 2.14. The molecule has 0 bridgehead atoms. The van der Waals surface area contributed by atoms with Crippen LogP contribution in [0.4, 0.5) is 0 Å². The van der Waals surface area contributed by atoms with Crippen LogP contribution in [-0.4, -0.2) is 19.9 Å². The topological polar surface area (TPSA) is 70.9 Å². The van der Waals surface area contributed by atoms with Gasteiger partial charge in [0.15, 0.2) is 5.82 Å². The highest BCUT2D eigenvalue weighted by Crippen LogP contribution is 2.32. The van der Waals surface area contributed by atoms with Gasteiger partial charge in [-0.3, -0.25) is 4.98 Å². The van der Waals surface area contributed by atoms with E-state index in [4.69, 9.17) is 11.6 Å². The minimum Gasteiger partial charge on any atom is -0.506 e. The molecule has 0 spiro atoms. The average Bonchev–Trinajstić information content (AvgIpc) is 2.97. The van der Waals surface area contributed by atoms with Crippen molar-refractivity contribution in [2.24, 2.45) is 0 Å². The fourth-order valence-corrected chi connectivity index (χ4v) is 3.48. The molecule has 2 N–H and O–H groups in total. The first-order valence-corrected chi connectivity index (χ1v) is 7.89. The Morgan fingerprint density at radius 3 is 2.86 bits per heavy atom. The van der Waals surface area contributed by atoms with Gasteiger partial charge >= 0.3 is 5.69 Å². The first kappa shape index (κ1) is 14.4. The van der Waals surface area contributed by atoms with Crippen LogP contribution in [0.3, 0.4) is 0 Å². The van der Waals surface area contributed by atoms with Crippen molar-refractivity contribution in [3.63, 3.8) is 0 Å². The van der Waals surface area contributed by atoms with E-state index in [1.807, 2.05) is 13.0 Å². The molecule has 2 aromatic heterocycles. The summed E-state index contributed by atoms with van der Waals surface area (Å²) < 4.78 is 2.06. The molecule has 2 heterocycles. The largest absolute Gasteiger partial charge is 0.506 e. The molecule has 0 aliphatic carbocycles. The van der Waals surface area contributed by atoms with Crippen molar-refractivity contribution in [3.8, 4) is 22.1 Å². The Hall–Kier alpha value is -1.57. The monoisotopic (exact) mass is 385 g/mol. The SMILES string of the molecule is Cc1sc(-c2nn(-c3cc(Cl)ccc3O)c(=O)[nH]2)cc1Br. The molecule has 0 radical (unpaired) electrons. The number of hydrogen-bond acceptors (Lipinski definition) is 4. The van der Waals surface area contributed by atoms with Crippen LogP contribution < -0.4 is 5.69 Å². The quantitative estimate of drug-likeness (QED) is 0.705. The summed E-state index contributed by atoms with van der Waals surface area (Å²) in [4.78, 5) is 16.7. The Morgan fingerprint density at radius 1 is 1.43 bits per heavy atom. The van der Waals surface area contributed by atoms with E-state index >= 15 is 0 Å². The van der Waals surface area contributed by atoms with E-state index in [-0.39, 0.29) is 11.4 Å². The predicted octanol–water partition coefficient (Wildman–Crippen LogP) is 3.72. The van der Waals surface area contributed by atoms with Crippen LogP contribution in [0.1, 0.15) is 4.88 Å². The van der Waals surface area contributed by atoms with Crippen molar-refractivity contribution in [1.29, 1.82) is 0 Å². The van der Waals surface area contributed by atoms with Crippen LogP contribution in [0.5, 0.6) is 5.75 Å². The van der Waals surface area contributed by atoms with Gasteiger partial charge in [-0.15, -0.1) is 16.4 Å². The summed E-state index contributed by atoms with van der Waals surface area (Å²) in [7, 11) is 0. The van der Waals surface area contributed by atoms with Gasteiger partial charge in [-0.2, -0.15) is 4.68 Å². The number of aryl methyl sites for hydroxylation is 1. The number of nitrogens with zero attached hydrogens (tertiary/aromatic N) is 2. The molecule has 3 rings (SSSR count). The molecule has 21 heavy (non-hydrogen) atoms. The van der Waals surface area contributed by atoms with Crippen LogP contribution >= 0.6 is 38.9 Å². The standard InChI is InChI=1S/C13H9BrClN3O2S/c1-6-8(14)5-11(21-6)12-16-13(20)18(17-12)9-4-7(15)2-3-10(9)19/h2-5,19H,1H3,(H,16,17,20). The molecular weight excluding hydrogens is 378 g/mol. The number of halogens is 2. The third-order valence-corrected chi connectivity index (χ3v) is 5.25. The second-order valence-electron chi connectivity index (χ2n) is 4.34. The highest BCUT2D eigenvalue weighted by molar-refractivity contribution is 9.10. The van der Waals surface area contributed by atoms with Gasteiger partial charge in [0.2, 0.25) is 0 Å². The van der Waals surface area contributed by atoms with Gasteiger partial charge in [-0.1, -0.05) is 11.6 Å². The molecule has 0 saturated heterocycles. The lowest BCUT2D eigenvalue weighted by Gasteiger charge is -2.02. The minimum absolute atomic E-state index is 0.0666. The second kappa shape index (κ2) is 5.32. The van der Waals surface area contributed by atoms with E-state index < -0.39 is 5.69 Å². The van der Waals surface area contributed by atoms with Crippen LogP contribution in [0.2, 0.25) is 5.02 Å². The maximum atomic E-state index is 12.1. The Bertz CT molecular complexity index is 864. The van der Waals surface area contributed by atoms with Crippen LogP contribution in [0, 0.1) is 6.92 Å². The Kier molecular flexibility index (Phi) is 3.64. The summed E-state index contributed by atoms with van der Waals surface area (Å²) in [5.41, 5.74) is -0.202. The first-order chi connectivity index (χ1) is 9.95. The van der Waals surface area contributed by atoms with E-state index in [1.165, 1.54) is 23.5 Å². The lowest BCUT2D eigenvalue weighted by Crippen LogP contribution is -2.16. The van der Waals surface area contributed by atoms with Crippen molar-refractivity contribution in [2.45, 2.75) is 6.92 Å². The number of H-pyrrole nitrogens is 1. The van der Waals surface area contributed by atoms with Gasteiger partial charge in [0.25, 0.3) is 0 Å². The van der Waals surface area contributed by atoms with E-state index in [9.17, 15) is 9.90 Å². The van der Waals surface area contributed by atoms with Crippen LogP contribution in [0.15, 0.2) is 33.5 Å². The van der Waals surface area contributed by atoms with Crippen LogP contribution in [-0.2, 0) is 0 Å². The molecule has 0 aliphatic rings. The minimum atomic E-state index is -0.440. The molecule has 0 saturated carbocycles. The molecule has 0 fully saturated rings. The van der Waals surface area contributed by atoms with Gasteiger partial charge < -0.3 is 5.11 Å². The fraction of sp³-hybridized carbons (Fsp3) is 0.0769. The highest BCUT2D eigenvalue weighted by atomic mass is 79.9. The summed E-state index contributed by atoms with van der Waals surface area (Å²) in [5.74, 6) is 0.376. The summed E-state index contributed by atoms with van der Waals surface area (Å²) >= 11 is 10.8. The second-order valence-corrected chi connectivity index (χ2v) is 6.89. The molecule has 8 heteroatoms. The lowest BCUT2D eigenvalue weighted by molar-refractivity contribution is 0.470. The lowest BCUT2D eigenvalue weighted by atomic mass is 10.3. The van der Waals surface area contributed by atoms with E-state index in [0.29, 0.717) is 10.8 Å². The smallest absolute Gasteiger partial charge is 0.348 e. The van der Waals surface area contributed by atoms with Gasteiger partial charge in [0.1, 0.15) is 11.4 Å². The zero-order chi connectivity index (χ0) is 15.1. The predicted molar refractivity (Wildman–Crippen MR) is 86.6 cm³/mol. The van der Waals surface area contributed by atoms with Crippen molar-refractivity contribution in [2.75, 3.05) is 0 Å². The maximum absolute atomic E-state index is 12.1. The Balaban J connectivity index is 2.14. The summed E-state index contributed by atoms with van der Waals surface area (Å²) in [5, 5.41) is 14.5. The number of aromatic nitrogens is 3. The fourth-order valence-electron chi connectivity index (χ4n) is 1.84. The van der Waals surface area contributed by atoms with E-state index in [0.717, 1.165) is 18.9 Å². The molecule has 3 aromatic rings. The number of phenols is 1. The molecule has 0 amide bonds. The maximum Gasteiger partial charge on any atom is 0.348 e. The molecule has 0 aliphatic heterocycles. The summed E-state index contributed by atoms with van der Waals surface area (Å²) in [6.07, 6.45) is 0. The first-order valence-electron chi connectivity index (χ1n) is 5.90. The molecule has 0 unspecified atom stereocenters. The normalized spacial score (nSPS) is 11.0. The molecule has 108 valence electrons. The molecule has 1 aromatic carbocycles. The number of nitrogens with one attached hydrogen (secondary N) is 1. The summed E-state index contributed by atoms with van der Waals surface area (Å²) in [6, 6.07) is 6.34. The van der Waals surface area contributed by atoms with E-state index in [2.05, 4.69) is 26.0 Å². The Labute approximate surface area is 137 Å². The molecular formula is C13H9BrClN3O2S. The van der Waals surface area contributed by atoms with Gasteiger partial charge in [-0.05, 0) is 47.1 Å². The van der Waals surface area contributed by atoms with Gasteiger partial charge in [0.05, 0.1) is 4.88 Å². The van der Waals surface area contributed by atoms with Crippen molar-refractivity contribution >= 4 is 38.9 Å². The van der Waals surface area contributed by atoms with Crippen molar-refractivity contribution < 1.29 is 5.11 Å². The molecule has 0 atom stereocenters. The number of hydrogen-bond donors (Lipinski definition) is 2. The van der Waals surface area contributed by atoms with Crippen molar-refractivity contribution in [3.05, 3.63) is 49.1 Å². The number of phenolic OH excluding ortho intramolecular Hbond substituents is 1. The average molecular weight is 387 g/mol. The van der Waals surface area contributed by atoms with Gasteiger partial charge in [-0.25, -0.2) is 4.79 Å².